The number of carboxylic acids is 1. The van der Waals surface area contributed by atoms with Gasteiger partial charge in [-0.05, 0) is 40.7 Å². The zero-order valence-corrected chi connectivity index (χ0v) is 12.1. The zero-order valence-electron chi connectivity index (χ0n) is 12.1. The van der Waals surface area contributed by atoms with Crippen molar-refractivity contribution < 1.29 is 9.90 Å². The van der Waals surface area contributed by atoms with Gasteiger partial charge in [-0.15, -0.1) is 0 Å². The molecule has 0 aromatic heterocycles. The minimum absolute atomic E-state index is 0.159. The minimum Gasteiger partial charge on any atom is -0.480 e. The lowest BCUT2D eigenvalue weighted by Crippen LogP contribution is -2.59. The minimum atomic E-state index is -0.883. The van der Waals surface area contributed by atoms with Gasteiger partial charge in [0.05, 0.1) is 0 Å². The topological polar surface area (TPSA) is 52.6 Å². The van der Waals surface area contributed by atoms with E-state index < -0.39 is 11.5 Å². The van der Waals surface area contributed by atoms with E-state index in [1.54, 1.807) is 6.92 Å². The first kappa shape index (κ1) is 16.4. The van der Waals surface area contributed by atoms with Gasteiger partial charge in [-0.3, -0.25) is 10.1 Å². The Hall–Kier alpha value is -0.610. The number of likely N-dealkylation sites (N-methyl/N-ethyl adjacent to an activating group) is 1. The summed E-state index contributed by atoms with van der Waals surface area (Å²) in [6, 6.07) is 0.605. The van der Waals surface area contributed by atoms with Crippen LogP contribution in [0.15, 0.2) is 0 Å². The zero-order chi connectivity index (χ0) is 13.6. The number of rotatable bonds is 8. The first-order chi connectivity index (χ1) is 7.76. The van der Waals surface area contributed by atoms with Crippen LogP contribution >= 0.6 is 0 Å². The predicted molar refractivity (Wildman–Crippen MR) is 71.3 cm³/mol. The second-order valence-corrected chi connectivity index (χ2v) is 5.32. The van der Waals surface area contributed by atoms with Gasteiger partial charge in [0.25, 0.3) is 0 Å². The molecular weight excluding hydrogens is 216 g/mol. The van der Waals surface area contributed by atoms with Crippen LogP contribution in [0.5, 0.6) is 0 Å². The summed E-state index contributed by atoms with van der Waals surface area (Å²) < 4.78 is 0. The van der Waals surface area contributed by atoms with E-state index in [-0.39, 0.29) is 6.04 Å². The molecule has 102 valence electrons. The molecule has 0 saturated carbocycles. The van der Waals surface area contributed by atoms with Gasteiger partial charge in [-0.2, -0.15) is 0 Å². The summed E-state index contributed by atoms with van der Waals surface area (Å²) in [5, 5.41) is 12.5. The lowest BCUT2D eigenvalue weighted by Gasteiger charge is -2.36. The van der Waals surface area contributed by atoms with Crippen molar-refractivity contribution in [3.8, 4) is 0 Å². The Bertz CT molecular complexity index is 240. The molecule has 0 spiro atoms. The van der Waals surface area contributed by atoms with Gasteiger partial charge in [-0.25, -0.2) is 0 Å². The molecule has 0 aromatic rings. The molecule has 2 N–H and O–H groups in total. The van der Waals surface area contributed by atoms with Crippen LogP contribution < -0.4 is 5.32 Å². The lowest BCUT2D eigenvalue weighted by molar-refractivity contribution is -0.145. The smallest absolute Gasteiger partial charge is 0.324 e. The van der Waals surface area contributed by atoms with Crippen LogP contribution in [0.1, 0.15) is 47.5 Å². The standard InChI is InChI=1S/C13H28N2O2/c1-7-11(8-2)15(6)9-13(5,12(16)17)14-10(3)4/h10-11,14H,7-9H2,1-6H3,(H,16,17). The predicted octanol–water partition coefficient (Wildman–Crippen LogP) is 1.95. The Labute approximate surface area is 105 Å². The van der Waals surface area contributed by atoms with E-state index in [0.29, 0.717) is 12.6 Å². The highest BCUT2D eigenvalue weighted by Gasteiger charge is 2.35. The van der Waals surface area contributed by atoms with Gasteiger partial charge >= 0.3 is 5.97 Å². The largest absolute Gasteiger partial charge is 0.480 e. The summed E-state index contributed by atoms with van der Waals surface area (Å²) in [6.07, 6.45) is 2.09. The monoisotopic (exact) mass is 244 g/mol. The molecule has 0 rings (SSSR count). The molecule has 1 unspecified atom stereocenters. The Morgan fingerprint density at radius 1 is 1.35 bits per heavy atom. The maximum absolute atomic E-state index is 11.4. The van der Waals surface area contributed by atoms with Crippen molar-refractivity contribution in [2.75, 3.05) is 13.6 Å². The number of carbonyl (C=O) groups is 1. The molecule has 0 aliphatic heterocycles. The molecular formula is C13H28N2O2. The fraction of sp³-hybridized carbons (Fsp3) is 0.923. The second kappa shape index (κ2) is 6.97. The lowest BCUT2D eigenvalue weighted by atomic mass is 9.99. The first-order valence-electron chi connectivity index (χ1n) is 6.48. The molecule has 0 saturated heterocycles. The first-order valence-corrected chi connectivity index (χ1v) is 6.48. The summed E-state index contributed by atoms with van der Waals surface area (Å²) >= 11 is 0. The molecule has 4 heteroatoms. The van der Waals surface area contributed by atoms with E-state index >= 15 is 0 Å². The van der Waals surface area contributed by atoms with E-state index in [0.717, 1.165) is 12.8 Å². The number of hydrogen-bond donors (Lipinski definition) is 2. The molecule has 0 bridgehead atoms. The van der Waals surface area contributed by atoms with Gasteiger partial charge in [0.2, 0.25) is 0 Å². The fourth-order valence-corrected chi connectivity index (χ4v) is 2.35. The van der Waals surface area contributed by atoms with E-state index in [2.05, 4.69) is 24.1 Å². The van der Waals surface area contributed by atoms with E-state index in [1.807, 2.05) is 20.9 Å². The quantitative estimate of drug-likeness (QED) is 0.685. The average molecular weight is 244 g/mol. The van der Waals surface area contributed by atoms with Crippen LogP contribution in [0.4, 0.5) is 0 Å². The van der Waals surface area contributed by atoms with E-state index in [1.165, 1.54) is 0 Å². The normalized spacial score (nSPS) is 15.6. The molecule has 0 heterocycles. The van der Waals surface area contributed by atoms with E-state index in [9.17, 15) is 9.90 Å². The molecule has 0 radical (unpaired) electrons. The third kappa shape index (κ3) is 5.04. The number of nitrogens with one attached hydrogen (secondary N) is 1. The number of carboxylic acid groups (broad SMARTS) is 1. The van der Waals surface area contributed by atoms with Crippen molar-refractivity contribution in [2.45, 2.75) is 65.1 Å². The molecule has 1 atom stereocenters. The summed E-state index contributed by atoms with van der Waals surface area (Å²) in [4.78, 5) is 13.5. The summed E-state index contributed by atoms with van der Waals surface area (Å²) in [5.74, 6) is -0.788. The fourth-order valence-electron chi connectivity index (χ4n) is 2.35. The Morgan fingerprint density at radius 2 is 1.82 bits per heavy atom. The third-order valence-electron chi connectivity index (χ3n) is 3.21. The molecule has 0 aliphatic carbocycles. The second-order valence-electron chi connectivity index (χ2n) is 5.32. The Kier molecular flexibility index (Phi) is 6.72. The van der Waals surface area contributed by atoms with Gasteiger partial charge in [0, 0.05) is 18.6 Å². The van der Waals surface area contributed by atoms with Crippen molar-refractivity contribution in [2.24, 2.45) is 0 Å². The molecule has 0 aromatic carbocycles. The molecule has 4 nitrogen and oxygen atoms in total. The number of nitrogens with zero attached hydrogens (tertiary/aromatic N) is 1. The molecule has 17 heavy (non-hydrogen) atoms. The van der Waals surface area contributed by atoms with Crippen LogP contribution in [0.2, 0.25) is 0 Å². The maximum Gasteiger partial charge on any atom is 0.324 e. The Morgan fingerprint density at radius 3 is 2.12 bits per heavy atom. The summed E-state index contributed by atoms with van der Waals surface area (Å²) in [6.45, 7) is 10.5. The van der Waals surface area contributed by atoms with Crippen molar-refractivity contribution in [3.63, 3.8) is 0 Å². The summed E-state index contributed by atoms with van der Waals surface area (Å²) in [5.41, 5.74) is -0.883. The highest BCUT2D eigenvalue weighted by molar-refractivity contribution is 5.78. The SMILES string of the molecule is CCC(CC)N(C)CC(C)(NC(C)C)C(=O)O. The maximum atomic E-state index is 11.4. The van der Waals surface area contributed by atoms with Gasteiger partial charge in [0.15, 0.2) is 0 Å². The van der Waals surface area contributed by atoms with Crippen molar-refractivity contribution >= 4 is 5.97 Å². The van der Waals surface area contributed by atoms with Crippen LogP contribution in [0.3, 0.4) is 0 Å². The van der Waals surface area contributed by atoms with Crippen molar-refractivity contribution in [3.05, 3.63) is 0 Å². The molecule has 0 fully saturated rings. The highest BCUT2D eigenvalue weighted by Crippen LogP contribution is 2.13. The van der Waals surface area contributed by atoms with Gasteiger partial charge < -0.3 is 10.0 Å². The van der Waals surface area contributed by atoms with Crippen molar-refractivity contribution in [1.82, 2.24) is 10.2 Å². The Balaban J connectivity index is 4.69. The van der Waals surface area contributed by atoms with Gasteiger partial charge in [0.1, 0.15) is 5.54 Å². The number of hydrogen-bond acceptors (Lipinski definition) is 3. The van der Waals surface area contributed by atoms with Crippen LogP contribution in [-0.2, 0) is 4.79 Å². The third-order valence-corrected chi connectivity index (χ3v) is 3.21. The van der Waals surface area contributed by atoms with Crippen LogP contribution in [0, 0.1) is 0 Å². The average Bonchev–Trinajstić information content (AvgIpc) is 2.17. The molecule has 0 aliphatic rings. The number of aliphatic carboxylic acids is 1. The van der Waals surface area contributed by atoms with Gasteiger partial charge in [-0.1, -0.05) is 13.8 Å². The van der Waals surface area contributed by atoms with Crippen molar-refractivity contribution in [1.29, 1.82) is 0 Å². The summed E-state index contributed by atoms with van der Waals surface area (Å²) in [7, 11) is 2.00. The van der Waals surface area contributed by atoms with E-state index in [4.69, 9.17) is 0 Å². The highest BCUT2D eigenvalue weighted by atomic mass is 16.4. The molecule has 0 amide bonds. The van der Waals surface area contributed by atoms with Crippen LogP contribution in [0.25, 0.3) is 0 Å². The van der Waals surface area contributed by atoms with Crippen LogP contribution in [-0.4, -0.2) is 47.2 Å².